The van der Waals surface area contributed by atoms with Crippen LogP contribution < -0.4 is 5.73 Å². The Balaban J connectivity index is 2.96. The van der Waals surface area contributed by atoms with Gasteiger partial charge in [-0.25, -0.2) is 0 Å². The number of aromatic hydroxyl groups is 1. The fourth-order valence-electron chi connectivity index (χ4n) is 0.915. The number of halogens is 1. The van der Waals surface area contributed by atoms with Gasteiger partial charge in [0.25, 0.3) is 0 Å². The van der Waals surface area contributed by atoms with Crippen LogP contribution in [0.3, 0.4) is 0 Å². The molecule has 0 amide bonds. The number of hydrogen-bond acceptors (Lipinski definition) is 2. The molecule has 3 heteroatoms. The van der Waals surface area contributed by atoms with Gasteiger partial charge < -0.3 is 10.8 Å². The van der Waals surface area contributed by atoms with E-state index in [0.29, 0.717) is 18.0 Å². The van der Waals surface area contributed by atoms with Crippen molar-refractivity contribution in [3.05, 3.63) is 28.8 Å². The minimum Gasteiger partial charge on any atom is -0.506 e. The molecule has 0 heterocycles. The van der Waals surface area contributed by atoms with E-state index < -0.39 is 0 Å². The molecule has 0 aromatic heterocycles. The summed E-state index contributed by atoms with van der Waals surface area (Å²) in [5.41, 5.74) is 6.24. The van der Waals surface area contributed by atoms with Crippen LogP contribution >= 0.6 is 11.6 Å². The number of hydrogen-bond donors (Lipinski definition) is 2. The summed E-state index contributed by atoms with van der Waals surface area (Å²) >= 11 is 5.77. The van der Waals surface area contributed by atoms with Crippen molar-refractivity contribution in [3.8, 4) is 5.75 Å². The van der Waals surface area contributed by atoms with Crippen molar-refractivity contribution in [1.82, 2.24) is 0 Å². The second-order valence-corrected chi connectivity index (χ2v) is 2.67. The second-order valence-electron chi connectivity index (χ2n) is 2.29. The SMILES string of the molecule is NCCc1cccc(O)c1Cl. The largest absolute Gasteiger partial charge is 0.506 e. The number of phenolic OH excluding ortho intramolecular Hbond substituents is 1. The molecule has 0 bridgehead atoms. The molecule has 60 valence electrons. The van der Waals surface area contributed by atoms with E-state index in [2.05, 4.69) is 0 Å². The first kappa shape index (κ1) is 8.37. The van der Waals surface area contributed by atoms with Crippen molar-refractivity contribution in [2.24, 2.45) is 5.73 Å². The maximum Gasteiger partial charge on any atom is 0.134 e. The average molecular weight is 172 g/mol. The van der Waals surface area contributed by atoms with Crippen LogP contribution in [0.5, 0.6) is 5.75 Å². The Bertz CT molecular complexity index is 250. The summed E-state index contributed by atoms with van der Waals surface area (Å²) in [6, 6.07) is 5.17. The van der Waals surface area contributed by atoms with E-state index in [4.69, 9.17) is 22.4 Å². The van der Waals surface area contributed by atoms with E-state index in [1.807, 2.05) is 6.07 Å². The number of phenols is 1. The van der Waals surface area contributed by atoms with E-state index in [9.17, 15) is 0 Å². The summed E-state index contributed by atoms with van der Waals surface area (Å²) in [6.45, 7) is 0.545. The van der Waals surface area contributed by atoms with Gasteiger partial charge in [-0.2, -0.15) is 0 Å². The molecule has 1 rings (SSSR count). The van der Waals surface area contributed by atoms with E-state index in [1.54, 1.807) is 12.1 Å². The molecule has 0 aliphatic rings. The van der Waals surface area contributed by atoms with Gasteiger partial charge in [-0.3, -0.25) is 0 Å². The third kappa shape index (κ3) is 1.85. The van der Waals surface area contributed by atoms with Crippen molar-refractivity contribution in [3.63, 3.8) is 0 Å². The van der Waals surface area contributed by atoms with Gasteiger partial charge >= 0.3 is 0 Å². The third-order valence-corrected chi connectivity index (χ3v) is 1.91. The van der Waals surface area contributed by atoms with Crippen molar-refractivity contribution in [1.29, 1.82) is 0 Å². The van der Waals surface area contributed by atoms with Crippen LogP contribution in [0.4, 0.5) is 0 Å². The summed E-state index contributed by atoms with van der Waals surface area (Å²) < 4.78 is 0. The maximum absolute atomic E-state index is 9.15. The van der Waals surface area contributed by atoms with Crippen LogP contribution in [0.15, 0.2) is 18.2 Å². The summed E-state index contributed by atoms with van der Waals surface area (Å²) in [6.07, 6.45) is 0.702. The fourth-order valence-corrected chi connectivity index (χ4v) is 1.14. The van der Waals surface area contributed by atoms with Crippen LogP contribution in [0.25, 0.3) is 0 Å². The first-order valence-corrected chi connectivity index (χ1v) is 3.80. The molecule has 0 atom stereocenters. The van der Waals surface area contributed by atoms with E-state index >= 15 is 0 Å². The summed E-state index contributed by atoms with van der Waals surface area (Å²) in [4.78, 5) is 0. The van der Waals surface area contributed by atoms with Gasteiger partial charge in [0.05, 0.1) is 5.02 Å². The fraction of sp³-hybridized carbons (Fsp3) is 0.250. The van der Waals surface area contributed by atoms with Crippen molar-refractivity contribution >= 4 is 11.6 Å². The van der Waals surface area contributed by atoms with Crippen molar-refractivity contribution in [2.75, 3.05) is 6.54 Å². The smallest absolute Gasteiger partial charge is 0.134 e. The lowest BCUT2D eigenvalue weighted by atomic mass is 10.1. The first-order chi connectivity index (χ1) is 5.25. The second kappa shape index (κ2) is 3.60. The molecule has 0 radical (unpaired) electrons. The molecule has 2 nitrogen and oxygen atoms in total. The molecule has 0 unspecified atom stereocenters. The molecule has 0 fully saturated rings. The normalized spacial score (nSPS) is 10.0. The molecule has 0 aliphatic heterocycles. The molecular formula is C8H10ClNO. The average Bonchev–Trinajstić information content (AvgIpc) is 1.99. The highest BCUT2D eigenvalue weighted by molar-refractivity contribution is 6.32. The van der Waals surface area contributed by atoms with Gasteiger partial charge in [0.15, 0.2) is 0 Å². The minimum absolute atomic E-state index is 0.123. The molecule has 3 N–H and O–H groups in total. The third-order valence-electron chi connectivity index (χ3n) is 1.47. The number of nitrogens with two attached hydrogens (primary N) is 1. The zero-order valence-corrected chi connectivity index (χ0v) is 6.80. The Labute approximate surface area is 70.6 Å². The maximum atomic E-state index is 9.15. The van der Waals surface area contributed by atoms with Crippen LogP contribution in [-0.2, 0) is 6.42 Å². The Morgan fingerprint density at radius 3 is 2.82 bits per heavy atom. The summed E-state index contributed by atoms with van der Waals surface area (Å²) in [7, 11) is 0. The van der Waals surface area contributed by atoms with Crippen molar-refractivity contribution < 1.29 is 5.11 Å². The zero-order chi connectivity index (χ0) is 8.27. The van der Waals surface area contributed by atoms with E-state index in [1.165, 1.54) is 0 Å². The van der Waals surface area contributed by atoms with Crippen LogP contribution in [0.2, 0.25) is 5.02 Å². The topological polar surface area (TPSA) is 46.2 Å². The van der Waals surface area contributed by atoms with Crippen molar-refractivity contribution in [2.45, 2.75) is 6.42 Å². The Morgan fingerprint density at radius 1 is 1.45 bits per heavy atom. The van der Waals surface area contributed by atoms with Gasteiger partial charge in [-0.1, -0.05) is 23.7 Å². The Morgan fingerprint density at radius 2 is 2.18 bits per heavy atom. The van der Waals surface area contributed by atoms with Gasteiger partial charge in [0.1, 0.15) is 5.75 Å². The van der Waals surface area contributed by atoms with Crippen LogP contribution in [0.1, 0.15) is 5.56 Å². The molecule has 0 saturated heterocycles. The molecule has 0 aliphatic carbocycles. The highest BCUT2D eigenvalue weighted by Gasteiger charge is 2.02. The first-order valence-electron chi connectivity index (χ1n) is 3.42. The number of benzene rings is 1. The zero-order valence-electron chi connectivity index (χ0n) is 6.05. The minimum atomic E-state index is 0.123. The summed E-state index contributed by atoms with van der Waals surface area (Å²) in [5, 5.41) is 9.57. The lowest BCUT2D eigenvalue weighted by molar-refractivity contribution is 0.475. The number of rotatable bonds is 2. The predicted molar refractivity (Wildman–Crippen MR) is 45.9 cm³/mol. The van der Waals surface area contributed by atoms with Gasteiger partial charge in [0.2, 0.25) is 0 Å². The van der Waals surface area contributed by atoms with Gasteiger partial charge in [0, 0.05) is 0 Å². The lowest BCUT2D eigenvalue weighted by Crippen LogP contribution is -2.02. The van der Waals surface area contributed by atoms with E-state index in [-0.39, 0.29) is 5.75 Å². The molecule has 11 heavy (non-hydrogen) atoms. The van der Waals surface area contributed by atoms with Crippen LogP contribution in [-0.4, -0.2) is 11.7 Å². The standard InChI is InChI=1S/C8H10ClNO/c9-8-6(4-5-10)2-1-3-7(8)11/h1-3,11H,4-5,10H2. The van der Waals surface area contributed by atoms with Gasteiger partial charge in [-0.15, -0.1) is 0 Å². The molecule has 1 aromatic carbocycles. The molecule has 0 saturated carbocycles. The lowest BCUT2D eigenvalue weighted by Gasteiger charge is -2.02. The highest BCUT2D eigenvalue weighted by atomic mass is 35.5. The Hall–Kier alpha value is -0.730. The van der Waals surface area contributed by atoms with E-state index in [0.717, 1.165) is 5.56 Å². The van der Waals surface area contributed by atoms with Gasteiger partial charge in [-0.05, 0) is 24.6 Å². The molecular weight excluding hydrogens is 162 g/mol. The quantitative estimate of drug-likeness (QED) is 0.709. The molecule has 1 aromatic rings. The van der Waals surface area contributed by atoms with Crippen LogP contribution in [0, 0.1) is 0 Å². The highest BCUT2D eigenvalue weighted by Crippen LogP contribution is 2.26. The monoisotopic (exact) mass is 171 g/mol. The summed E-state index contributed by atoms with van der Waals surface area (Å²) in [5.74, 6) is 0.123. The molecule has 0 spiro atoms. The predicted octanol–water partition coefficient (Wildman–Crippen LogP) is 1.55. The Kier molecular flexibility index (Phi) is 2.74.